The Labute approximate surface area is 95.0 Å². The van der Waals surface area contributed by atoms with Gasteiger partial charge in [-0.25, -0.2) is 4.79 Å². The fraction of sp³-hybridized carbons (Fsp3) is 0.667. The van der Waals surface area contributed by atoms with Crippen LogP contribution in [0.2, 0.25) is 0 Å². The van der Waals surface area contributed by atoms with Crippen LogP contribution in [0.1, 0.15) is 44.9 Å². The van der Waals surface area contributed by atoms with E-state index in [0.717, 1.165) is 25.7 Å². The highest BCUT2D eigenvalue weighted by Gasteiger charge is 2.18. The van der Waals surface area contributed by atoms with Gasteiger partial charge in [-0.15, -0.1) is 0 Å². The van der Waals surface area contributed by atoms with Crippen LogP contribution in [-0.2, 0) is 9.59 Å². The Hall–Kier alpha value is -1.32. The van der Waals surface area contributed by atoms with Crippen molar-refractivity contribution in [3.8, 4) is 0 Å². The van der Waals surface area contributed by atoms with Crippen molar-refractivity contribution >= 4 is 11.9 Å². The van der Waals surface area contributed by atoms with Gasteiger partial charge in [0.15, 0.2) is 0 Å². The molecule has 1 aliphatic carbocycles. The first-order chi connectivity index (χ1) is 7.61. The lowest BCUT2D eigenvalue weighted by Gasteiger charge is -2.12. The zero-order valence-corrected chi connectivity index (χ0v) is 9.32. The maximum absolute atomic E-state index is 10.9. The van der Waals surface area contributed by atoms with Crippen LogP contribution in [0.15, 0.2) is 11.6 Å². The van der Waals surface area contributed by atoms with Gasteiger partial charge in [-0.05, 0) is 25.7 Å². The van der Waals surface area contributed by atoms with Gasteiger partial charge in [-0.3, -0.25) is 4.79 Å². The fourth-order valence-corrected chi connectivity index (χ4v) is 1.98. The van der Waals surface area contributed by atoms with Gasteiger partial charge in [0.05, 0.1) is 5.92 Å². The smallest absolute Gasteiger partial charge is 0.331 e. The molecular formula is C12H18O4. The Morgan fingerprint density at radius 1 is 1.12 bits per heavy atom. The van der Waals surface area contributed by atoms with Crippen LogP contribution in [0, 0.1) is 5.92 Å². The first kappa shape index (κ1) is 12.7. The number of carboxylic acids is 2. The van der Waals surface area contributed by atoms with Crippen molar-refractivity contribution in [2.45, 2.75) is 44.9 Å². The van der Waals surface area contributed by atoms with E-state index in [2.05, 4.69) is 0 Å². The number of carbonyl (C=O) groups is 2. The second-order valence-corrected chi connectivity index (χ2v) is 4.26. The zero-order chi connectivity index (χ0) is 12.0. The van der Waals surface area contributed by atoms with Crippen LogP contribution in [0.3, 0.4) is 0 Å². The third-order valence-electron chi connectivity index (χ3n) is 3.02. The van der Waals surface area contributed by atoms with Crippen LogP contribution in [-0.4, -0.2) is 22.2 Å². The Balaban J connectivity index is 2.71. The molecule has 0 aromatic rings. The average Bonchev–Trinajstić information content (AvgIpc) is 2.24. The first-order valence-electron chi connectivity index (χ1n) is 5.76. The van der Waals surface area contributed by atoms with E-state index in [1.807, 2.05) is 0 Å². The van der Waals surface area contributed by atoms with Crippen LogP contribution >= 0.6 is 0 Å². The summed E-state index contributed by atoms with van der Waals surface area (Å²) in [6.07, 6.45) is 6.93. The topological polar surface area (TPSA) is 74.6 Å². The molecule has 0 aliphatic heterocycles. The first-order valence-corrected chi connectivity index (χ1v) is 5.76. The fourth-order valence-electron chi connectivity index (χ4n) is 1.98. The highest BCUT2D eigenvalue weighted by atomic mass is 16.4. The number of hydrogen-bond acceptors (Lipinski definition) is 2. The minimum absolute atomic E-state index is 0.344. The highest BCUT2D eigenvalue weighted by molar-refractivity contribution is 5.86. The third kappa shape index (κ3) is 4.04. The predicted molar refractivity (Wildman–Crippen MR) is 59.2 cm³/mol. The summed E-state index contributed by atoms with van der Waals surface area (Å²) < 4.78 is 0. The number of rotatable bonds is 2. The van der Waals surface area contributed by atoms with Crippen molar-refractivity contribution in [3.63, 3.8) is 0 Å². The molecule has 0 heterocycles. The summed E-state index contributed by atoms with van der Waals surface area (Å²) >= 11 is 0. The molecule has 0 bridgehead atoms. The van der Waals surface area contributed by atoms with Crippen molar-refractivity contribution < 1.29 is 19.8 Å². The molecule has 0 amide bonds. The SMILES string of the molecule is O=C(O)/C1=C/CC(C(=O)O)CCCCCC1. The van der Waals surface area contributed by atoms with E-state index in [9.17, 15) is 9.59 Å². The Bertz CT molecular complexity index is 293. The van der Waals surface area contributed by atoms with Gasteiger partial charge < -0.3 is 10.2 Å². The summed E-state index contributed by atoms with van der Waals surface area (Å²) in [4.78, 5) is 21.8. The summed E-state index contributed by atoms with van der Waals surface area (Å²) in [5.74, 6) is -2.15. The Kier molecular flexibility index (Phi) is 5.02. The molecule has 0 saturated heterocycles. The molecule has 4 heteroatoms. The molecule has 2 N–H and O–H groups in total. The molecule has 4 nitrogen and oxygen atoms in total. The second kappa shape index (κ2) is 6.30. The highest BCUT2D eigenvalue weighted by Crippen LogP contribution is 2.21. The number of aliphatic carboxylic acids is 2. The average molecular weight is 226 g/mol. The molecule has 0 aromatic heterocycles. The summed E-state index contributed by atoms with van der Waals surface area (Å²) in [7, 11) is 0. The van der Waals surface area contributed by atoms with E-state index in [0.29, 0.717) is 24.8 Å². The van der Waals surface area contributed by atoms with Crippen molar-refractivity contribution in [2.75, 3.05) is 0 Å². The molecule has 0 aromatic carbocycles. The Morgan fingerprint density at radius 3 is 2.44 bits per heavy atom. The van der Waals surface area contributed by atoms with Crippen LogP contribution < -0.4 is 0 Å². The molecule has 16 heavy (non-hydrogen) atoms. The Morgan fingerprint density at radius 2 is 1.81 bits per heavy atom. The van der Waals surface area contributed by atoms with Crippen molar-refractivity contribution in [1.29, 1.82) is 0 Å². The van der Waals surface area contributed by atoms with Gasteiger partial charge in [-0.1, -0.05) is 25.3 Å². The monoisotopic (exact) mass is 226 g/mol. The normalized spacial score (nSPS) is 26.5. The second-order valence-electron chi connectivity index (χ2n) is 4.26. The molecule has 0 radical (unpaired) electrons. The summed E-state index contributed by atoms with van der Waals surface area (Å²) in [5, 5.41) is 17.9. The van der Waals surface area contributed by atoms with E-state index in [-0.39, 0.29) is 0 Å². The molecule has 0 saturated carbocycles. The minimum atomic E-state index is -0.912. The van der Waals surface area contributed by atoms with E-state index in [1.165, 1.54) is 0 Å². The van der Waals surface area contributed by atoms with E-state index >= 15 is 0 Å². The molecular weight excluding hydrogens is 208 g/mol. The molecule has 0 fully saturated rings. The summed E-state index contributed by atoms with van der Waals surface area (Å²) in [6.45, 7) is 0. The van der Waals surface area contributed by atoms with Crippen molar-refractivity contribution in [1.82, 2.24) is 0 Å². The van der Waals surface area contributed by atoms with Crippen LogP contribution in [0.5, 0.6) is 0 Å². The molecule has 90 valence electrons. The molecule has 1 rings (SSSR count). The molecule has 1 atom stereocenters. The molecule has 1 aliphatic rings. The molecule has 1 unspecified atom stereocenters. The standard InChI is InChI=1S/C12H18O4/c13-11(14)9-5-3-1-2-4-6-10(8-7-9)12(15)16/h7,10H,1-6,8H2,(H,13,14)(H,15,16)/b9-7+. The van der Waals surface area contributed by atoms with Crippen molar-refractivity contribution in [2.24, 2.45) is 5.92 Å². The minimum Gasteiger partial charge on any atom is -0.481 e. The lowest BCUT2D eigenvalue weighted by molar-refractivity contribution is -0.142. The van der Waals surface area contributed by atoms with Gasteiger partial charge in [0, 0.05) is 5.57 Å². The van der Waals surface area contributed by atoms with Gasteiger partial charge in [0.25, 0.3) is 0 Å². The predicted octanol–water partition coefficient (Wildman–Crippen LogP) is 2.44. The van der Waals surface area contributed by atoms with Gasteiger partial charge in [0.1, 0.15) is 0 Å². The zero-order valence-electron chi connectivity index (χ0n) is 9.32. The van der Waals surface area contributed by atoms with Crippen LogP contribution in [0.25, 0.3) is 0 Å². The van der Waals surface area contributed by atoms with Gasteiger partial charge in [-0.2, -0.15) is 0 Å². The third-order valence-corrected chi connectivity index (χ3v) is 3.02. The van der Waals surface area contributed by atoms with E-state index in [1.54, 1.807) is 6.08 Å². The van der Waals surface area contributed by atoms with Gasteiger partial charge in [0.2, 0.25) is 0 Å². The lowest BCUT2D eigenvalue weighted by Crippen LogP contribution is -2.14. The van der Waals surface area contributed by atoms with E-state index < -0.39 is 17.9 Å². The van der Waals surface area contributed by atoms with Crippen LogP contribution in [0.4, 0.5) is 0 Å². The number of allylic oxidation sites excluding steroid dienone is 1. The maximum atomic E-state index is 10.9. The molecule has 0 spiro atoms. The lowest BCUT2D eigenvalue weighted by atomic mass is 9.93. The maximum Gasteiger partial charge on any atom is 0.331 e. The largest absolute Gasteiger partial charge is 0.481 e. The van der Waals surface area contributed by atoms with E-state index in [4.69, 9.17) is 10.2 Å². The summed E-state index contributed by atoms with van der Waals surface area (Å²) in [6, 6.07) is 0. The summed E-state index contributed by atoms with van der Waals surface area (Å²) in [5.41, 5.74) is 0.369. The van der Waals surface area contributed by atoms with Gasteiger partial charge >= 0.3 is 11.9 Å². The number of carboxylic acid groups (broad SMARTS) is 2. The number of hydrogen-bond donors (Lipinski definition) is 2. The van der Waals surface area contributed by atoms with Crippen molar-refractivity contribution in [3.05, 3.63) is 11.6 Å². The quantitative estimate of drug-likeness (QED) is 0.758.